The third kappa shape index (κ3) is 2.16. The van der Waals surface area contributed by atoms with Gasteiger partial charge in [0.25, 0.3) is 0 Å². The zero-order chi connectivity index (χ0) is 15.9. The van der Waals surface area contributed by atoms with E-state index in [-0.39, 0.29) is 34.5 Å². The zero-order valence-electron chi connectivity index (χ0n) is 11.8. The fourth-order valence-corrected chi connectivity index (χ4v) is 2.36. The van der Waals surface area contributed by atoms with Gasteiger partial charge < -0.3 is 14.6 Å². The summed E-state index contributed by atoms with van der Waals surface area (Å²) in [4.78, 5) is 12.6. The number of aliphatic hydroxyl groups excluding tert-OH is 1. The van der Waals surface area contributed by atoms with E-state index >= 15 is 0 Å². The molecule has 0 spiro atoms. The SMILES string of the molecule is Cc1ccc2occ(-c3ccc(O)c(CO)c3)c(=O)c2c1F. The predicted molar refractivity (Wildman–Crippen MR) is 80.2 cm³/mol. The third-order valence-corrected chi connectivity index (χ3v) is 3.63. The second-order valence-corrected chi connectivity index (χ2v) is 5.05. The van der Waals surface area contributed by atoms with E-state index in [4.69, 9.17) is 4.42 Å². The molecular formula is C17H13FO4. The van der Waals surface area contributed by atoms with Gasteiger partial charge in [0, 0.05) is 5.56 Å². The number of rotatable bonds is 2. The van der Waals surface area contributed by atoms with E-state index in [1.54, 1.807) is 19.1 Å². The Morgan fingerprint density at radius 2 is 2.00 bits per heavy atom. The molecule has 2 N–H and O–H groups in total. The van der Waals surface area contributed by atoms with Crippen molar-refractivity contribution < 1.29 is 19.0 Å². The van der Waals surface area contributed by atoms with E-state index in [2.05, 4.69) is 0 Å². The monoisotopic (exact) mass is 300 g/mol. The van der Waals surface area contributed by atoms with Gasteiger partial charge in [0.05, 0.1) is 12.2 Å². The number of hydrogen-bond donors (Lipinski definition) is 2. The topological polar surface area (TPSA) is 70.7 Å². The first-order chi connectivity index (χ1) is 10.5. The van der Waals surface area contributed by atoms with E-state index in [9.17, 15) is 19.4 Å². The molecule has 22 heavy (non-hydrogen) atoms. The summed E-state index contributed by atoms with van der Waals surface area (Å²) in [5.41, 5.74) is 0.945. The van der Waals surface area contributed by atoms with Crippen LogP contribution in [0.25, 0.3) is 22.1 Å². The van der Waals surface area contributed by atoms with Gasteiger partial charge in [-0.25, -0.2) is 4.39 Å². The number of hydrogen-bond acceptors (Lipinski definition) is 4. The van der Waals surface area contributed by atoms with Crippen LogP contribution in [-0.4, -0.2) is 10.2 Å². The van der Waals surface area contributed by atoms with Crippen molar-refractivity contribution in [3.05, 3.63) is 63.8 Å². The van der Waals surface area contributed by atoms with Gasteiger partial charge >= 0.3 is 0 Å². The van der Waals surface area contributed by atoms with Crippen molar-refractivity contribution in [2.75, 3.05) is 0 Å². The van der Waals surface area contributed by atoms with Gasteiger partial charge in [0.2, 0.25) is 5.43 Å². The van der Waals surface area contributed by atoms with Gasteiger partial charge in [-0.3, -0.25) is 4.79 Å². The van der Waals surface area contributed by atoms with Crippen LogP contribution in [0.4, 0.5) is 4.39 Å². The zero-order valence-corrected chi connectivity index (χ0v) is 11.8. The van der Waals surface area contributed by atoms with E-state index < -0.39 is 11.2 Å². The molecule has 0 radical (unpaired) electrons. The van der Waals surface area contributed by atoms with Crippen molar-refractivity contribution in [3.8, 4) is 16.9 Å². The van der Waals surface area contributed by atoms with E-state index in [0.29, 0.717) is 11.1 Å². The molecule has 0 fully saturated rings. The Labute approximate surface area is 125 Å². The van der Waals surface area contributed by atoms with Crippen LogP contribution in [0.1, 0.15) is 11.1 Å². The number of fused-ring (bicyclic) bond motifs is 1. The summed E-state index contributed by atoms with van der Waals surface area (Å²) in [6.45, 7) is 1.21. The van der Waals surface area contributed by atoms with Gasteiger partial charge in [-0.05, 0) is 36.2 Å². The Bertz CT molecular complexity index is 928. The molecule has 0 aliphatic rings. The van der Waals surface area contributed by atoms with Crippen LogP contribution in [0.3, 0.4) is 0 Å². The lowest BCUT2D eigenvalue weighted by molar-refractivity contribution is 0.275. The van der Waals surface area contributed by atoms with Crippen molar-refractivity contribution in [3.63, 3.8) is 0 Å². The second-order valence-electron chi connectivity index (χ2n) is 5.05. The minimum Gasteiger partial charge on any atom is -0.508 e. The lowest BCUT2D eigenvalue weighted by Crippen LogP contribution is -2.07. The van der Waals surface area contributed by atoms with Crippen molar-refractivity contribution in [2.45, 2.75) is 13.5 Å². The standard InChI is InChI=1S/C17H13FO4/c1-9-2-5-14-15(16(9)18)17(21)12(8-22-14)10-3-4-13(20)11(6-10)7-19/h2-6,8,19-20H,7H2,1H3. The molecule has 0 saturated carbocycles. The van der Waals surface area contributed by atoms with Gasteiger partial charge in [0.15, 0.2) is 0 Å². The number of benzene rings is 2. The van der Waals surface area contributed by atoms with E-state index in [0.717, 1.165) is 0 Å². The van der Waals surface area contributed by atoms with Crippen LogP contribution in [0.2, 0.25) is 0 Å². The molecule has 0 amide bonds. The molecule has 4 nitrogen and oxygen atoms in total. The average molecular weight is 300 g/mol. The molecule has 5 heteroatoms. The minimum atomic E-state index is -0.603. The Morgan fingerprint density at radius 1 is 1.23 bits per heavy atom. The molecule has 2 aromatic carbocycles. The maximum atomic E-state index is 14.2. The first-order valence-corrected chi connectivity index (χ1v) is 6.66. The Hall–Kier alpha value is -2.66. The molecule has 0 bridgehead atoms. The van der Waals surface area contributed by atoms with Crippen LogP contribution in [-0.2, 0) is 6.61 Å². The van der Waals surface area contributed by atoms with Crippen LogP contribution in [0.5, 0.6) is 5.75 Å². The van der Waals surface area contributed by atoms with Gasteiger partial charge in [-0.2, -0.15) is 0 Å². The molecule has 0 aliphatic heterocycles. The molecule has 0 aliphatic carbocycles. The van der Waals surface area contributed by atoms with Crippen LogP contribution >= 0.6 is 0 Å². The lowest BCUT2D eigenvalue weighted by Gasteiger charge is -2.07. The fraction of sp³-hybridized carbons (Fsp3) is 0.118. The number of phenols is 1. The Kier molecular flexibility index (Phi) is 3.42. The Balaban J connectivity index is 2.31. The van der Waals surface area contributed by atoms with Crippen LogP contribution in [0, 0.1) is 12.7 Å². The van der Waals surface area contributed by atoms with Crippen LogP contribution in [0.15, 0.2) is 45.8 Å². The fourth-order valence-electron chi connectivity index (χ4n) is 2.36. The summed E-state index contributed by atoms with van der Waals surface area (Å²) in [6, 6.07) is 7.46. The molecule has 1 heterocycles. The molecule has 3 aromatic rings. The van der Waals surface area contributed by atoms with Crippen LogP contribution < -0.4 is 5.43 Å². The summed E-state index contributed by atoms with van der Waals surface area (Å²) >= 11 is 0. The molecule has 0 unspecified atom stereocenters. The second kappa shape index (κ2) is 5.27. The predicted octanol–water partition coefficient (Wildman–Crippen LogP) is 3.11. The summed E-state index contributed by atoms with van der Waals surface area (Å²) in [5, 5.41) is 18.7. The highest BCUT2D eigenvalue weighted by atomic mass is 19.1. The molecule has 0 saturated heterocycles. The quantitative estimate of drug-likeness (QED) is 0.763. The summed E-state index contributed by atoms with van der Waals surface area (Å²) in [6.07, 6.45) is 1.26. The minimum absolute atomic E-state index is 0.0709. The first-order valence-electron chi connectivity index (χ1n) is 6.66. The average Bonchev–Trinajstić information content (AvgIpc) is 2.52. The largest absolute Gasteiger partial charge is 0.508 e. The van der Waals surface area contributed by atoms with Crippen molar-refractivity contribution in [1.82, 2.24) is 0 Å². The normalized spacial score (nSPS) is 11.0. The number of aryl methyl sites for hydroxylation is 1. The number of aromatic hydroxyl groups is 1. The van der Waals surface area contributed by atoms with Crippen molar-refractivity contribution in [1.29, 1.82) is 0 Å². The smallest absolute Gasteiger partial charge is 0.203 e. The number of halogens is 1. The molecule has 112 valence electrons. The summed E-state index contributed by atoms with van der Waals surface area (Å²) < 4.78 is 19.6. The van der Waals surface area contributed by atoms with E-state index in [1.807, 2.05) is 0 Å². The van der Waals surface area contributed by atoms with Gasteiger partial charge in [-0.1, -0.05) is 12.1 Å². The molecule has 0 atom stereocenters. The molecule has 3 rings (SSSR count). The van der Waals surface area contributed by atoms with Gasteiger partial charge in [-0.15, -0.1) is 0 Å². The highest BCUT2D eigenvalue weighted by Gasteiger charge is 2.15. The highest BCUT2D eigenvalue weighted by molar-refractivity contribution is 5.83. The van der Waals surface area contributed by atoms with Gasteiger partial charge in [0.1, 0.15) is 28.8 Å². The van der Waals surface area contributed by atoms with Crippen molar-refractivity contribution in [2.24, 2.45) is 0 Å². The number of aliphatic hydroxyl groups is 1. The summed E-state index contributed by atoms with van der Waals surface area (Å²) in [7, 11) is 0. The third-order valence-electron chi connectivity index (χ3n) is 3.63. The first kappa shape index (κ1) is 14.3. The van der Waals surface area contributed by atoms with E-state index in [1.165, 1.54) is 24.5 Å². The highest BCUT2D eigenvalue weighted by Crippen LogP contribution is 2.26. The maximum Gasteiger partial charge on any atom is 0.203 e. The molecular weight excluding hydrogens is 287 g/mol. The maximum absolute atomic E-state index is 14.2. The molecule has 1 aromatic heterocycles. The summed E-state index contributed by atoms with van der Waals surface area (Å²) in [5.74, 6) is -0.673. The Morgan fingerprint density at radius 3 is 2.73 bits per heavy atom. The lowest BCUT2D eigenvalue weighted by atomic mass is 10.0. The van der Waals surface area contributed by atoms with Crippen molar-refractivity contribution >= 4 is 11.0 Å².